The molecule has 0 aliphatic carbocycles. The number of hydrogen-bond donors (Lipinski definition) is 1. The van der Waals surface area contributed by atoms with E-state index in [1.165, 1.54) is 11.8 Å². The number of tetrazole rings is 1. The molecule has 1 atom stereocenters. The highest BCUT2D eigenvalue weighted by Crippen LogP contribution is 2.24. The van der Waals surface area contributed by atoms with Crippen LogP contribution < -0.4 is 5.32 Å². The number of benzene rings is 1. The summed E-state index contributed by atoms with van der Waals surface area (Å²) in [6, 6.07) is 9.48. The van der Waals surface area contributed by atoms with E-state index in [1.807, 2.05) is 31.2 Å². The van der Waals surface area contributed by atoms with Gasteiger partial charge in [0.05, 0.1) is 16.6 Å². The molecule has 0 radical (unpaired) electrons. The van der Waals surface area contributed by atoms with Crippen LogP contribution in [0.5, 0.6) is 0 Å². The molecule has 1 N–H and O–H groups in total. The van der Waals surface area contributed by atoms with Crippen molar-refractivity contribution in [3.63, 3.8) is 0 Å². The van der Waals surface area contributed by atoms with Gasteiger partial charge in [0.1, 0.15) is 0 Å². The fourth-order valence-electron chi connectivity index (χ4n) is 1.96. The monoisotopic (exact) mass is 344 g/mol. The lowest BCUT2D eigenvalue weighted by molar-refractivity contribution is -0.115. The van der Waals surface area contributed by atoms with Crippen molar-refractivity contribution in [2.24, 2.45) is 0 Å². The number of carbonyl (C=O) groups is 1. The molecule has 2 aromatic heterocycles. The van der Waals surface area contributed by atoms with Gasteiger partial charge in [-0.3, -0.25) is 10.1 Å². The molecule has 0 aliphatic heterocycles. The molecular formula is C15H16N6O2S. The average molecular weight is 344 g/mol. The Morgan fingerprint density at radius 1 is 1.29 bits per heavy atom. The Kier molecular flexibility index (Phi) is 4.61. The minimum Gasteiger partial charge on any atom is -0.338 e. The number of aryl methyl sites for hydroxylation is 2. The molecule has 0 spiro atoms. The minimum atomic E-state index is -0.411. The molecule has 1 aromatic carbocycles. The first-order chi connectivity index (χ1) is 11.5. The molecule has 2 heterocycles. The minimum absolute atomic E-state index is 0.213. The van der Waals surface area contributed by atoms with Crippen LogP contribution in [0.15, 0.2) is 40.0 Å². The van der Waals surface area contributed by atoms with Crippen LogP contribution in [-0.2, 0) is 4.79 Å². The fraction of sp³-hybridized carbons (Fsp3) is 0.267. The molecule has 0 saturated heterocycles. The highest BCUT2D eigenvalue weighted by molar-refractivity contribution is 8.00. The summed E-state index contributed by atoms with van der Waals surface area (Å²) in [5.74, 6) is 0.109. The number of aromatic nitrogens is 5. The van der Waals surface area contributed by atoms with Crippen molar-refractivity contribution >= 4 is 23.6 Å². The molecule has 24 heavy (non-hydrogen) atoms. The van der Waals surface area contributed by atoms with Gasteiger partial charge in [0, 0.05) is 6.07 Å². The predicted octanol–water partition coefficient (Wildman–Crippen LogP) is 2.39. The maximum absolute atomic E-state index is 12.2. The first-order valence-electron chi connectivity index (χ1n) is 7.29. The largest absolute Gasteiger partial charge is 0.338 e. The zero-order valence-corrected chi connectivity index (χ0v) is 14.2. The topological polar surface area (TPSA) is 98.7 Å². The summed E-state index contributed by atoms with van der Waals surface area (Å²) in [4.78, 5) is 12.2. The van der Waals surface area contributed by atoms with Crippen LogP contribution in [0.2, 0.25) is 0 Å². The Morgan fingerprint density at radius 3 is 2.71 bits per heavy atom. The highest BCUT2D eigenvalue weighted by atomic mass is 32.2. The number of carbonyl (C=O) groups excluding carboxylic acids is 1. The third-order valence-corrected chi connectivity index (χ3v) is 4.28. The highest BCUT2D eigenvalue weighted by Gasteiger charge is 2.20. The van der Waals surface area contributed by atoms with Gasteiger partial charge >= 0.3 is 0 Å². The van der Waals surface area contributed by atoms with E-state index in [4.69, 9.17) is 4.52 Å². The number of hydrogen-bond acceptors (Lipinski definition) is 7. The van der Waals surface area contributed by atoms with E-state index in [1.54, 1.807) is 24.6 Å². The fourth-order valence-corrected chi connectivity index (χ4v) is 2.77. The molecule has 0 bridgehead atoms. The summed E-state index contributed by atoms with van der Waals surface area (Å²) in [7, 11) is 0. The van der Waals surface area contributed by atoms with Gasteiger partial charge in [-0.25, -0.2) is 0 Å². The van der Waals surface area contributed by atoms with Gasteiger partial charge in [-0.15, -0.1) is 5.10 Å². The van der Waals surface area contributed by atoms with Crippen molar-refractivity contribution in [2.75, 3.05) is 5.32 Å². The van der Waals surface area contributed by atoms with E-state index in [0.717, 1.165) is 11.3 Å². The molecule has 0 saturated carbocycles. The zero-order valence-electron chi connectivity index (χ0n) is 13.4. The van der Waals surface area contributed by atoms with Crippen molar-refractivity contribution in [1.82, 2.24) is 25.4 Å². The maximum Gasteiger partial charge on any atom is 0.240 e. The van der Waals surface area contributed by atoms with Crippen molar-refractivity contribution in [3.05, 3.63) is 41.6 Å². The molecule has 3 rings (SSSR count). The third kappa shape index (κ3) is 3.62. The lowest BCUT2D eigenvalue weighted by atomic mass is 10.2. The first-order valence-corrected chi connectivity index (χ1v) is 8.17. The van der Waals surface area contributed by atoms with Crippen LogP contribution in [0.4, 0.5) is 5.88 Å². The normalized spacial score (nSPS) is 12.1. The summed E-state index contributed by atoms with van der Waals surface area (Å²) in [6.45, 7) is 5.57. The Bertz CT molecular complexity index is 842. The average Bonchev–Trinajstić information content (AvgIpc) is 3.17. The van der Waals surface area contributed by atoms with Gasteiger partial charge in [-0.2, -0.15) is 4.68 Å². The standard InChI is InChI=1S/C15H16N6O2S/c1-9-4-6-12(7-5-9)21-15(17-19-20-21)24-11(3)14(22)16-13-8-10(2)18-23-13/h4-8,11H,1-3H3,(H,16,22). The molecule has 8 nitrogen and oxygen atoms in total. The first kappa shape index (κ1) is 16.2. The van der Waals surface area contributed by atoms with Crippen LogP contribution in [0, 0.1) is 13.8 Å². The van der Waals surface area contributed by atoms with E-state index in [-0.39, 0.29) is 5.91 Å². The summed E-state index contributed by atoms with van der Waals surface area (Å²) in [5, 5.41) is 18.2. The maximum atomic E-state index is 12.2. The van der Waals surface area contributed by atoms with E-state index in [2.05, 4.69) is 26.0 Å². The van der Waals surface area contributed by atoms with Gasteiger partial charge < -0.3 is 4.52 Å². The molecule has 0 aliphatic rings. The summed E-state index contributed by atoms with van der Waals surface area (Å²) < 4.78 is 6.59. The molecule has 9 heteroatoms. The lowest BCUT2D eigenvalue weighted by Gasteiger charge is -2.10. The van der Waals surface area contributed by atoms with Gasteiger partial charge in [0.2, 0.25) is 16.9 Å². The summed E-state index contributed by atoms with van der Waals surface area (Å²) in [6.07, 6.45) is 0. The number of thioether (sulfide) groups is 1. The van der Waals surface area contributed by atoms with E-state index in [9.17, 15) is 4.79 Å². The van der Waals surface area contributed by atoms with Gasteiger partial charge in [0.15, 0.2) is 0 Å². The Balaban J connectivity index is 1.70. The van der Waals surface area contributed by atoms with Gasteiger partial charge in [0.25, 0.3) is 0 Å². The van der Waals surface area contributed by atoms with Gasteiger partial charge in [-0.1, -0.05) is 34.6 Å². The Hall–Kier alpha value is -2.68. The van der Waals surface area contributed by atoms with E-state index in [0.29, 0.717) is 16.7 Å². The molecular weight excluding hydrogens is 328 g/mol. The van der Waals surface area contributed by atoms with Crippen LogP contribution in [-0.4, -0.2) is 36.5 Å². The van der Waals surface area contributed by atoms with Crippen LogP contribution >= 0.6 is 11.8 Å². The quantitative estimate of drug-likeness (QED) is 0.709. The second kappa shape index (κ2) is 6.83. The second-order valence-electron chi connectivity index (χ2n) is 5.29. The predicted molar refractivity (Wildman–Crippen MR) is 89.1 cm³/mol. The van der Waals surface area contributed by atoms with Crippen LogP contribution in [0.3, 0.4) is 0 Å². The zero-order chi connectivity index (χ0) is 17.1. The smallest absolute Gasteiger partial charge is 0.240 e. The molecule has 3 aromatic rings. The van der Waals surface area contributed by atoms with Crippen molar-refractivity contribution in [2.45, 2.75) is 31.2 Å². The molecule has 1 unspecified atom stereocenters. The summed E-state index contributed by atoms with van der Waals surface area (Å²) in [5.41, 5.74) is 2.69. The second-order valence-corrected chi connectivity index (χ2v) is 6.60. The van der Waals surface area contributed by atoms with Crippen LogP contribution in [0.1, 0.15) is 18.2 Å². The number of nitrogens with zero attached hydrogens (tertiary/aromatic N) is 5. The third-order valence-electron chi connectivity index (χ3n) is 3.25. The van der Waals surface area contributed by atoms with Crippen molar-refractivity contribution in [3.8, 4) is 5.69 Å². The Morgan fingerprint density at radius 2 is 2.04 bits per heavy atom. The number of rotatable bonds is 5. The molecule has 1 amide bonds. The summed E-state index contributed by atoms with van der Waals surface area (Å²) >= 11 is 1.26. The van der Waals surface area contributed by atoms with Gasteiger partial charge in [-0.05, 0) is 43.3 Å². The van der Waals surface area contributed by atoms with Crippen LogP contribution in [0.25, 0.3) is 5.69 Å². The number of anilines is 1. The van der Waals surface area contributed by atoms with E-state index < -0.39 is 5.25 Å². The molecule has 124 valence electrons. The SMILES string of the molecule is Cc1ccc(-n2nnnc2SC(C)C(=O)Nc2cc(C)no2)cc1. The number of nitrogens with one attached hydrogen (secondary N) is 1. The Labute approximate surface area is 142 Å². The van der Waals surface area contributed by atoms with Crippen molar-refractivity contribution < 1.29 is 9.32 Å². The van der Waals surface area contributed by atoms with Crippen molar-refractivity contribution in [1.29, 1.82) is 0 Å². The lowest BCUT2D eigenvalue weighted by Crippen LogP contribution is -2.22. The molecule has 0 fully saturated rings. The van der Waals surface area contributed by atoms with E-state index >= 15 is 0 Å². The number of amides is 1.